The molecule has 0 unspecified atom stereocenters. The van der Waals surface area contributed by atoms with Crippen LogP contribution in [0.15, 0.2) is 73.1 Å². The van der Waals surface area contributed by atoms with E-state index in [1.807, 2.05) is 0 Å². The first kappa shape index (κ1) is 16.1. The zero-order valence-electron chi connectivity index (χ0n) is 14.8. The van der Waals surface area contributed by atoms with Crippen molar-refractivity contribution in [3.63, 3.8) is 0 Å². The molecule has 0 saturated heterocycles. The molecule has 1 amide bonds. The van der Waals surface area contributed by atoms with Crippen LogP contribution in [-0.2, 0) is 0 Å². The molecule has 0 saturated carbocycles. The third-order valence-electron chi connectivity index (χ3n) is 5.98. The molecule has 2 aromatic carbocycles. The molecule has 3 aromatic rings. The Morgan fingerprint density at radius 3 is 2.22 bits per heavy atom. The van der Waals surface area contributed by atoms with Crippen molar-refractivity contribution in [3.8, 4) is 0 Å². The highest BCUT2D eigenvalue weighted by molar-refractivity contribution is 5.93. The fraction of sp³-hybridized carbons (Fsp3) is 0.217. The van der Waals surface area contributed by atoms with Crippen LogP contribution in [0.1, 0.15) is 50.9 Å². The van der Waals surface area contributed by atoms with Gasteiger partial charge in [-0.15, -0.1) is 0 Å². The van der Waals surface area contributed by atoms with Gasteiger partial charge in [-0.1, -0.05) is 48.5 Å². The van der Waals surface area contributed by atoms with Gasteiger partial charge in [0.2, 0.25) is 0 Å². The average molecular weight is 356 g/mol. The second-order valence-electron chi connectivity index (χ2n) is 7.45. The monoisotopic (exact) mass is 356 g/mol. The van der Waals surface area contributed by atoms with Gasteiger partial charge in [0.25, 0.3) is 5.91 Å². The second kappa shape index (κ2) is 6.23. The summed E-state index contributed by atoms with van der Waals surface area (Å²) in [6.07, 6.45) is 3.73. The van der Waals surface area contributed by atoms with Crippen molar-refractivity contribution in [3.05, 3.63) is 106 Å². The lowest BCUT2D eigenvalue weighted by atomic mass is 9.59. The molecule has 4 heteroatoms. The van der Waals surface area contributed by atoms with Crippen LogP contribution in [0.4, 0.5) is 0 Å². The van der Waals surface area contributed by atoms with Crippen molar-refractivity contribution < 1.29 is 9.52 Å². The molecular formula is C23H20N2O2. The molecule has 4 nitrogen and oxygen atoms in total. The number of nitrogens with zero attached hydrogens (tertiary/aromatic N) is 1. The van der Waals surface area contributed by atoms with Gasteiger partial charge in [-0.2, -0.15) is 4.73 Å². The average Bonchev–Trinajstić information content (AvgIpc) is 2.72. The lowest BCUT2D eigenvalue weighted by Crippen LogP contribution is -2.39. The van der Waals surface area contributed by atoms with Crippen LogP contribution in [0, 0.1) is 11.1 Å². The summed E-state index contributed by atoms with van der Waals surface area (Å²) in [6.45, 7) is 0.608. The summed E-state index contributed by atoms with van der Waals surface area (Å²) in [5.74, 6) is 0.864. The number of rotatable bonds is 3. The number of benzene rings is 2. The Bertz CT molecular complexity index is 983. The Morgan fingerprint density at radius 1 is 0.963 bits per heavy atom. The minimum absolute atomic E-state index is 0.191. The highest BCUT2D eigenvalue weighted by Gasteiger charge is 2.42. The third-order valence-corrected chi connectivity index (χ3v) is 5.98. The highest BCUT2D eigenvalue weighted by atomic mass is 16.5. The van der Waals surface area contributed by atoms with E-state index in [2.05, 4.69) is 53.8 Å². The zero-order valence-corrected chi connectivity index (χ0v) is 14.8. The van der Waals surface area contributed by atoms with E-state index in [1.54, 1.807) is 12.1 Å². The summed E-state index contributed by atoms with van der Waals surface area (Å²) >= 11 is 0. The summed E-state index contributed by atoms with van der Waals surface area (Å²) in [5, 5.41) is 14.5. The van der Waals surface area contributed by atoms with Gasteiger partial charge >= 0.3 is 0 Å². The first-order valence-electron chi connectivity index (χ1n) is 9.37. The van der Waals surface area contributed by atoms with Gasteiger partial charge in [0.15, 0.2) is 12.4 Å². The molecule has 0 spiro atoms. The van der Waals surface area contributed by atoms with Gasteiger partial charge < -0.3 is 10.5 Å². The van der Waals surface area contributed by atoms with E-state index in [1.165, 1.54) is 34.6 Å². The topological polar surface area (TPSA) is 56.0 Å². The molecule has 0 fully saturated rings. The number of aromatic nitrogens is 1. The molecule has 2 bridgehead atoms. The summed E-state index contributed by atoms with van der Waals surface area (Å²) in [7, 11) is 0. The van der Waals surface area contributed by atoms with Gasteiger partial charge in [0, 0.05) is 24.4 Å². The number of carbonyl (C=O) groups excluding carboxylic acids is 1. The molecule has 1 N–H and O–H groups in total. The van der Waals surface area contributed by atoms with Crippen molar-refractivity contribution in [2.75, 3.05) is 6.54 Å². The van der Waals surface area contributed by atoms with Crippen LogP contribution in [0.5, 0.6) is 0 Å². The first-order chi connectivity index (χ1) is 13.2. The predicted molar refractivity (Wildman–Crippen MR) is 102 cm³/mol. The Balaban J connectivity index is 1.43. The van der Waals surface area contributed by atoms with Crippen LogP contribution >= 0.6 is 0 Å². The standard InChI is InChI=1S/C23H20N2O2/c26-23(15-6-5-11-25(27)14-15)24-13-16-12-21-17-7-1-3-9-19(17)22(16)20-10-4-2-8-18(20)21/h1-11,14,16,21-22H,12-13H2,(H,24,26)/t16-,21?,22?/m1/s1. The summed E-state index contributed by atoms with van der Waals surface area (Å²) in [4.78, 5) is 12.5. The lowest BCUT2D eigenvalue weighted by molar-refractivity contribution is -0.605. The SMILES string of the molecule is O=C(NC[C@H]1CC2c3ccccc3C1c1ccccc12)c1ccc[n+]([O-])c1. The number of carbonyl (C=O) groups is 1. The van der Waals surface area contributed by atoms with Crippen LogP contribution in [-0.4, -0.2) is 12.5 Å². The maximum atomic E-state index is 12.5. The third kappa shape index (κ3) is 2.60. The number of fused-ring (bicyclic) bond motifs is 1. The van der Waals surface area contributed by atoms with Gasteiger partial charge in [-0.05, 0) is 40.7 Å². The molecule has 134 valence electrons. The maximum Gasteiger partial charge on any atom is 0.257 e. The summed E-state index contributed by atoms with van der Waals surface area (Å²) in [6, 6.07) is 20.7. The molecule has 0 radical (unpaired) electrons. The van der Waals surface area contributed by atoms with Crippen LogP contribution < -0.4 is 10.0 Å². The fourth-order valence-electron chi connectivity index (χ4n) is 4.87. The Kier molecular flexibility index (Phi) is 3.71. The van der Waals surface area contributed by atoms with Crippen LogP contribution in [0.2, 0.25) is 0 Å². The molecule has 6 rings (SSSR count). The normalized spacial score (nSPS) is 22.0. The Hall–Kier alpha value is -3.14. The largest absolute Gasteiger partial charge is 0.619 e. The maximum absolute atomic E-state index is 12.5. The molecular weight excluding hydrogens is 336 g/mol. The zero-order chi connectivity index (χ0) is 18.4. The number of pyridine rings is 1. The first-order valence-corrected chi connectivity index (χ1v) is 9.37. The van der Waals surface area contributed by atoms with E-state index in [-0.39, 0.29) is 5.91 Å². The van der Waals surface area contributed by atoms with Crippen LogP contribution in [0.3, 0.4) is 0 Å². The van der Waals surface area contributed by atoms with E-state index in [4.69, 9.17) is 0 Å². The summed E-state index contributed by atoms with van der Waals surface area (Å²) < 4.78 is 0.657. The summed E-state index contributed by atoms with van der Waals surface area (Å²) in [5.41, 5.74) is 6.04. The van der Waals surface area contributed by atoms with E-state index >= 15 is 0 Å². The van der Waals surface area contributed by atoms with E-state index in [0.29, 0.717) is 34.6 Å². The highest BCUT2D eigenvalue weighted by Crippen LogP contribution is 2.55. The van der Waals surface area contributed by atoms with Crippen molar-refractivity contribution in [1.29, 1.82) is 0 Å². The predicted octanol–water partition coefficient (Wildman–Crippen LogP) is 3.35. The minimum Gasteiger partial charge on any atom is -0.619 e. The molecule has 1 heterocycles. The molecule has 1 atom stereocenters. The van der Waals surface area contributed by atoms with Crippen molar-refractivity contribution in [2.45, 2.75) is 18.3 Å². The second-order valence-corrected chi connectivity index (χ2v) is 7.45. The fourth-order valence-corrected chi connectivity index (χ4v) is 4.87. The van der Waals surface area contributed by atoms with Gasteiger partial charge in [-0.3, -0.25) is 4.79 Å². The number of hydrogen-bond acceptors (Lipinski definition) is 2. The van der Waals surface area contributed by atoms with Crippen molar-refractivity contribution in [1.82, 2.24) is 5.32 Å². The number of amides is 1. The minimum atomic E-state index is -0.191. The molecule has 27 heavy (non-hydrogen) atoms. The molecule has 3 aliphatic rings. The number of nitrogens with one attached hydrogen (secondary N) is 1. The van der Waals surface area contributed by atoms with E-state index in [0.717, 1.165) is 6.42 Å². The van der Waals surface area contributed by atoms with Crippen LogP contribution in [0.25, 0.3) is 0 Å². The van der Waals surface area contributed by atoms with Gasteiger partial charge in [-0.25, -0.2) is 0 Å². The van der Waals surface area contributed by atoms with Gasteiger partial charge in [0.1, 0.15) is 5.56 Å². The molecule has 1 aromatic heterocycles. The smallest absolute Gasteiger partial charge is 0.257 e. The Labute approximate surface area is 158 Å². The number of hydrogen-bond donors (Lipinski definition) is 1. The van der Waals surface area contributed by atoms with Crippen molar-refractivity contribution >= 4 is 5.91 Å². The van der Waals surface area contributed by atoms with Crippen molar-refractivity contribution in [2.24, 2.45) is 5.92 Å². The Morgan fingerprint density at radius 2 is 1.59 bits per heavy atom. The van der Waals surface area contributed by atoms with E-state index in [9.17, 15) is 10.0 Å². The van der Waals surface area contributed by atoms with E-state index < -0.39 is 0 Å². The lowest BCUT2D eigenvalue weighted by Gasteiger charge is -2.45. The molecule has 3 aliphatic carbocycles. The van der Waals surface area contributed by atoms with Gasteiger partial charge in [0.05, 0.1) is 0 Å². The molecule has 0 aliphatic heterocycles. The quantitative estimate of drug-likeness (QED) is 0.578.